The lowest BCUT2D eigenvalue weighted by Gasteiger charge is -2.23. The lowest BCUT2D eigenvalue weighted by Crippen LogP contribution is -2.38. The number of aromatic nitrogens is 1. The monoisotopic (exact) mass is 979 g/mol. The van der Waals surface area contributed by atoms with Crippen molar-refractivity contribution >= 4 is 47.8 Å². The highest BCUT2D eigenvalue weighted by molar-refractivity contribution is 6.05. The number of nitrogens with zero attached hydrogens (tertiary/aromatic N) is 6. The number of rotatable bonds is 27. The largest absolute Gasteiger partial charge is 0.493 e. The molecule has 2 fully saturated rings. The molecule has 19 nitrogen and oxygen atoms in total. The van der Waals surface area contributed by atoms with E-state index in [-0.39, 0.29) is 56.2 Å². The van der Waals surface area contributed by atoms with Crippen molar-refractivity contribution < 1.29 is 57.1 Å². The van der Waals surface area contributed by atoms with Gasteiger partial charge in [0, 0.05) is 75.7 Å². The third-order valence-corrected chi connectivity index (χ3v) is 12.5. The number of aldehydes is 1. The minimum absolute atomic E-state index is 0.0229. The number of amides is 3. The Morgan fingerprint density at radius 1 is 0.690 bits per heavy atom. The first kappa shape index (κ1) is 52.2. The van der Waals surface area contributed by atoms with Gasteiger partial charge in [0.25, 0.3) is 11.8 Å². The van der Waals surface area contributed by atoms with Gasteiger partial charge in [0.15, 0.2) is 23.0 Å². The summed E-state index contributed by atoms with van der Waals surface area (Å²) in [7, 11) is 4.83. The Morgan fingerprint density at radius 2 is 1.20 bits per heavy atom. The zero-order chi connectivity index (χ0) is 50.1. The van der Waals surface area contributed by atoms with Gasteiger partial charge in [-0.05, 0) is 45.9 Å². The van der Waals surface area contributed by atoms with E-state index in [9.17, 15) is 19.2 Å². The molecule has 0 bridgehead atoms. The zero-order valence-corrected chi connectivity index (χ0v) is 41.3. The molecule has 0 spiro atoms. The molecular weight excluding hydrogens is 915 g/mol. The third-order valence-electron chi connectivity index (χ3n) is 12.5. The van der Waals surface area contributed by atoms with Crippen LogP contribution < -0.4 is 29.0 Å². The number of pyridine rings is 1. The van der Waals surface area contributed by atoms with Crippen LogP contribution in [-0.2, 0) is 37.0 Å². The number of ether oxygens (including phenoxy) is 8. The molecule has 1 N–H and O–H groups in total. The average Bonchev–Trinajstić information content (AvgIpc) is 3.96. The van der Waals surface area contributed by atoms with Crippen molar-refractivity contribution in [2.45, 2.75) is 64.8 Å². The summed E-state index contributed by atoms with van der Waals surface area (Å²) in [6, 6.07) is 9.99. The number of methoxy groups -OCH3 is 2. The van der Waals surface area contributed by atoms with E-state index >= 15 is 0 Å². The number of nitrogens with one attached hydrogen (secondary N) is 1. The molecule has 7 rings (SSSR count). The molecule has 5 heterocycles. The van der Waals surface area contributed by atoms with Crippen LogP contribution in [0.15, 0.2) is 69.7 Å². The lowest BCUT2D eigenvalue weighted by molar-refractivity contribution is -0.132. The fourth-order valence-corrected chi connectivity index (χ4v) is 8.56. The highest BCUT2D eigenvalue weighted by Crippen LogP contribution is 2.41. The number of benzene rings is 2. The van der Waals surface area contributed by atoms with E-state index in [1.165, 1.54) is 25.4 Å². The number of hydrogen-bond acceptors (Lipinski definition) is 16. The summed E-state index contributed by atoms with van der Waals surface area (Å²) in [4.78, 5) is 70.9. The molecule has 71 heavy (non-hydrogen) atoms. The Labute approximate surface area is 414 Å². The number of fused-ring (bicyclic) bond motifs is 4. The molecule has 2 aromatic carbocycles. The van der Waals surface area contributed by atoms with Crippen molar-refractivity contribution in [3.63, 3.8) is 0 Å². The lowest BCUT2D eigenvalue weighted by atomic mass is 10.1. The van der Waals surface area contributed by atoms with Gasteiger partial charge >= 0.3 is 0 Å². The van der Waals surface area contributed by atoms with E-state index in [1.54, 1.807) is 48.3 Å². The summed E-state index contributed by atoms with van der Waals surface area (Å²) >= 11 is 0. The number of allylic oxidation sites excluding steroid dienone is 2. The predicted octanol–water partition coefficient (Wildman–Crippen LogP) is 5.47. The molecule has 1 unspecified atom stereocenters. The maximum absolute atomic E-state index is 13.7. The third kappa shape index (κ3) is 13.6. The van der Waals surface area contributed by atoms with Gasteiger partial charge in [-0.3, -0.25) is 29.4 Å². The summed E-state index contributed by atoms with van der Waals surface area (Å²) < 4.78 is 47.2. The van der Waals surface area contributed by atoms with Gasteiger partial charge in [-0.15, -0.1) is 0 Å². The number of hydrogen-bond donors (Lipinski definition) is 1. The summed E-state index contributed by atoms with van der Waals surface area (Å²) in [6.07, 6.45) is 10.7. The van der Waals surface area contributed by atoms with Crippen molar-refractivity contribution in [1.29, 1.82) is 0 Å². The van der Waals surface area contributed by atoms with Gasteiger partial charge in [0.05, 0.1) is 106 Å². The van der Waals surface area contributed by atoms with E-state index in [0.717, 1.165) is 19.1 Å². The molecule has 19 heteroatoms. The first-order valence-electron chi connectivity index (χ1n) is 24.1. The van der Waals surface area contributed by atoms with Crippen LogP contribution in [0.2, 0.25) is 0 Å². The number of carbonyl (C=O) groups is 4. The Morgan fingerprint density at radius 3 is 1.69 bits per heavy atom. The van der Waals surface area contributed by atoms with Crippen molar-refractivity contribution in [2.24, 2.45) is 9.98 Å². The predicted molar refractivity (Wildman–Crippen MR) is 265 cm³/mol. The summed E-state index contributed by atoms with van der Waals surface area (Å²) in [5.41, 5.74) is 5.16. The van der Waals surface area contributed by atoms with E-state index in [2.05, 4.69) is 5.32 Å². The van der Waals surface area contributed by atoms with Crippen LogP contribution in [0.3, 0.4) is 0 Å². The minimum Gasteiger partial charge on any atom is -0.493 e. The molecule has 4 aliphatic rings. The highest BCUT2D eigenvalue weighted by atomic mass is 16.5. The normalized spacial score (nSPS) is 17.9. The molecule has 3 aromatic rings. The van der Waals surface area contributed by atoms with Crippen LogP contribution in [0.1, 0.15) is 71.6 Å². The highest BCUT2D eigenvalue weighted by Gasteiger charge is 2.36. The van der Waals surface area contributed by atoms with E-state index in [0.29, 0.717) is 141 Å². The van der Waals surface area contributed by atoms with Crippen LogP contribution in [0.4, 0.5) is 11.4 Å². The zero-order valence-electron chi connectivity index (χ0n) is 41.3. The summed E-state index contributed by atoms with van der Waals surface area (Å²) in [5, 5.41) is 3.03. The van der Waals surface area contributed by atoms with Crippen molar-refractivity contribution in [1.82, 2.24) is 25.0 Å². The first-order chi connectivity index (χ1) is 34.7. The molecule has 4 aliphatic heterocycles. The fourth-order valence-electron chi connectivity index (χ4n) is 8.56. The molecule has 2 atom stereocenters. The van der Waals surface area contributed by atoms with Crippen molar-refractivity contribution in [2.75, 3.05) is 100 Å². The Balaban J connectivity index is 1.07. The van der Waals surface area contributed by atoms with Gasteiger partial charge in [0.1, 0.15) is 31.9 Å². The van der Waals surface area contributed by atoms with Gasteiger partial charge in [-0.25, -0.2) is 0 Å². The quantitative estimate of drug-likeness (QED) is 0.0573. The van der Waals surface area contributed by atoms with Crippen LogP contribution in [0.5, 0.6) is 28.7 Å². The topological polar surface area (TPSA) is 201 Å². The van der Waals surface area contributed by atoms with Crippen molar-refractivity contribution in [3.05, 3.63) is 82.2 Å². The smallest absolute Gasteiger partial charge is 0.257 e. The van der Waals surface area contributed by atoms with E-state index < -0.39 is 0 Å². The fraction of sp³-hybridized carbons (Fsp3) is 0.481. The molecule has 0 saturated carbocycles. The first-order valence-corrected chi connectivity index (χ1v) is 24.1. The SMILES string of the molecule is C/C=C1\CC2C=Nc3cc(OCc4cc(OCCN(CCOCCOCCOCCC=O)C(=O)CCNC)cc(COc5cc6c(cc5OC)C(=O)N5C/C(=C/C)C[C@H]5C=N6)n4)c(OC)cc3C(=O)N2C1. The van der Waals surface area contributed by atoms with Gasteiger partial charge < -0.3 is 62.7 Å². The summed E-state index contributed by atoms with van der Waals surface area (Å²) in [6.45, 7) is 8.44. The molecule has 1 aromatic heterocycles. The second kappa shape index (κ2) is 26.0. The standard InChI is InChI=1S/C52H65N7O12/c1-6-35-21-39-29-54-44-27-48(46(64-4)25-42(44)51(62)58(39)31-35)70-33-37-23-41(69-16-12-57(50(61)9-10-53-3)11-15-67-18-20-68-19-17-66-14-8-13-60)24-38(56-37)34-71-49-28-45-43(26-47(49)65-5)52(63)59-32-36(7-2)22-40(59)30-55-45/h6-7,13,23-30,39-40,53H,8-12,14-22,31-34H2,1-5H3/b35-6+,36-7+/t39-,40?/m0/s1. The van der Waals surface area contributed by atoms with E-state index in [1.807, 2.05) is 48.2 Å². The number of aliphatic imine (C=N–C) groups is 2. The molecule has 380 valence electrons. The van der Waals surface area contributed by atoms with Gasteiger partial charge in [0.2, 0.25) is 5.91 Å². The van der Waals surface area contributed by atoms with Crippen molar-refractivity contribution in [3.8, 4) is 28.7 Å². The van der Waals surface area contributed by atoms with Crippen LogP contribution in [0, 0.1) is 0 Å². The van der Waals surface area contributed by atoms with Crippen LogP contribution in [0.25, 0.3) is 0 Å². The molecule has 2 saturated heterocycles. The maximum Gasteiger partial charge on any atom is 0.257 e. The molecule has 0 aliphatic carbocycles. The molecule has 3 amide bonds. The second-order valence-electron chi connectivity index (χ2n) is 17.1. The Bertz CT molecular complexity index is 2360. The minimum atomic E-state index is -0.135. The number of carbonyl (C=O) groups excluding carboxylic acids is 4. The van der Waals surface area contributed by atoms with E-state index in [4.69, 9.17) is 52.9 Å². The summed E-state index contributed by atoms with van der Waals surface area (Å²) in [5.74, 6) is 1.62. The second-order valence-corrected chi connectivity index (χ2v) is 17.1. The van der Waals surface area contributed by atoms with Crippen LogP contribution >= 0.6 is 0 Å². The molecule has 0 radical (unpaired) electrons. The average molecular weight is 980 g/mol. The Hall–Kier alpha value is -6.67. The Kier molecular flexibility index (Phi) is 19.1. The van der Waals surface area contributed by atoms with Gasteiger partial charge in [-0.1, -0.05) is 23.3 Å². The molecular formula is C52H65N7O12. The van der Waals surface area contributed by atoms with Crippen LogP contribution in [-0.4, -0.2) is 168 Å². The maximum atomic E-state index is 13.7. The van der Waals surface area contributed by atoms with Gasteiger partial charge in [-0.2, -0.15) is 0 Å².